The zero-order valence-electron chi connectivity index (χ0n) is 14.5. The predicted octanol–water partition coefficient (Wildman–Crippen LogP) is 3.13. The number of likely N-dealkylation sites (tertiary alicyclic amines) is 1. The van der Waals surface area contributed by atoms with E-state index in [0.29, 0.717) is 0 Å². The molecule has 0 aliphatic carbocycles. The standard InChI is InChI=1S/C18H26N2O3.ClH/c1-12(21)19-13-7-8-15-14(11-13)16(17(22)18(2,3)23-15)20-9-5-4-6-10-20;/h7-8,11,16-17,22H,4-6,9-10H2,1-3H3,(H,19,21);1H/t16?,17-;/m0./s1. The van der Waals surface area contributed by atoms with Gasteiger partial charge >= 0.3 is 0 Å². The van der Waals surface area contributed by atoms with Crippen molar-refractivity contribution in [2.75, 3.05) is 18.4 Å². The minimum absolute atomic E-state index is 0. The van der Waals surface area contributed by atoms with Crippen LogP contribution in [0.3, 0.4) is 0 Å². The summed E-state index contributed by atoms with van der Waals surface area (Å²) in [6.45, 7) is 7.33. The van der Waals surface area contributed by atoms with Gasteiger partial charge in [-0.25, -0.2) is 0 Å². The highest BCUT2D eigenvalue weighted by atomic mass is 35.5. The number of carbonyl (C=O) groups excluding carboxylic acids is 1. The number of nitrogens with zero attached hydrogens (tertiary/aromatic N) is 1. The Hall–Kier alpha value is -1.30. The minimum atomic E-state index is -0.634. The van der Waals surface area contributed by atoms with E-state index in [1.54, 1.807) is 0 Å². The molecule has 2 N–H and O–H groups in total. The molecule has 3 rings (SSSR count). The van der Waals surface area contributed by atoms with Crippen molar-refractivity contribution in [3.8, 4) is 5.75 Å². The van der Waals surface area contributed by atoms with Crippen molar-refractivity contribution in [1.82, 2.24) is 4.90 Å². The van der Waals surface area contributed by atoms with E-state index in [1.807, 2.05) is 32.0 Å². The summed E-state index contributed by atoms with van der Waals surface area (Å²) in [6.07, 6.45) is 2.95. The lowest BCUT2D eigenvalue weighted by molar-refractivity contribution is -0.114. The van der Waals surface area contributed by atoms with Crippen LogP contribution in [0.4, 0.5) is 5.69 Å². The third-order valence-electron chi connectivity index (χ3n) is 4.82. The first-order valence-electron chi connectivity index (χ1n) is 8.41. The molecular formula is C18H27ClN2O3. The quantitative estimate of drug-likeness (QED) is 0.856. The number of anilines is 1. The molecular weight excluding hydrogens is 328 g/mol. The summed E-state index contributed by atoms with van der Waals surface area (Å²) >= 11 is 0. The van der Waals surface area contributed by atoms with Crippen molar-refractivity contribution in [2.24, 2.45) is 0 Å². The lowest BCUT2D eigenvalue weighted by Gasteiger charge is -2.47. The number of aliphatic hydroxyl groups is 1. The van der Waals surface area contributed by atoms with Crippen LogP contribution in [0.15, 0.2) is 18.2 Å². The number of fused-ring (bicyclic) bond motifs is 1. The molecule has 134 valence electrons. The maximum atomic E-state index is 11.3. The summed E-state index contributed by atoms with van der Waals surface area (Å²) in [6, 6.07) is 5.59. The zero-order valence-corrected chi connectivity index (χ0v) is 15.4. The fraction of sp³-hybridized carbons (Fsp3) is 0.611. The van der Waals surface area contributed by atoms with E-state index in [2.05, 4.69) is 10.2 Å². The Bertz CT molecular complexity index is 600. The third-order valence-corrected chi connectivity index (χ3v) is 4.82. The number of hydrogen-bond donors (Lipinski definition) is 2. The first-order chi connectivity index (χ1) is 10.9. The molecule has 0 bridgehead atoms. The van der Waals surface area contributed by atoms with Crippen LogP contribution >= 0.6 is 12.4 Å². The van der Waals surface area contributed by atoms with Gasteiger partial charge in [-0.1, -0.05) is 6.42 Å². The smallest absolute Gasteiger partial charge is 0.221 e. The van der Waals surface area contributed by atoms with Crippen molar-refractivity contribution in [1.29, 1.82) is 0 Å². The Morgan fingerprint density at radius 3 is 2.58 bits per heavy atom. The molecule has 1 amide bonds. The number of halogens is 1. The van der Waals surface area contributed by atoms with Gasteiger partial charge in [-0.05, 0) is 58.0 Å². The minimum Gasteiger partial charge on any atom is -0.485 e. The predicted molar refractivity (Wildman–Crippen MR) is 96.9 cm³/mol. The van der Waals surface area contributed by atoms with Crippen molar-refractivity contribution in [2.45, 2.75) is 57.8 Å². The van der Waals surface area contributed by atoms with E-state index in [1.165, 1.54) is 13.3 Å². The van der Waals surface area contributed by atoms with Gasteiger partial charge in [0.2, 0.25) is 5.91 Å². The monoisotopic (exact) mass is 354 g/mol. The summed E-state index contributed by atoms with van der Waals surface area (Å²) in [4.78, 5) is 13.7. The van der Waals surface area contributed by atoms with Crippen LogP contribution in [0.5, 0.6) is 5.75 Å². The van der Waals surface area contributed by atoms with E-state index < -0.39 is 11.7 Å². The highest BCUT2D eigenvalue weighted by Gasteiger charge is 2.45. The summed E-state index contributed by atoms with van der Waals surface area (Å²) < 4.78 is 6.02. The van der Waals surface area contributed by atoms with Crippen molar-refractivity contribution in [3.05, 3.63) is 23.8 Å². The van der Waals surface area contributed by atoms with Gasteiger partial charge in [0, 0.05) is 18.2 Å². The zero-order chi connectivity index (χ0) is 16.6. The highest BCUT2D eigenvalue weighted by molar-refractivity contribution is 5.88. The van der Waals surface area contributed by atoms with Crippen LogP contribution < -0.4 is 10.1 Å². The topological polar surface area (TPSA) is 61.8 Å². The molecule has 2 atom stereocenters. The van der Waals surface area contributed by atoms with E-state index in [-0.39, 0.29) is 24.4 Å². The molecule has 0 aromatic heterocycles. The summed E-state index contributed by atoms with van der Waals surface area (Å²) in [5, 5.41) is 13.7. The van der Waals surface area contributed by atoms with Crippen LogP contribution in [0.25, 0.3) is 0 Å². The van der Waals surface area contributed by atoms with Gasteiger partial charge in [-0.3, -0.25) is 9.69 Å². The van der Waals surface area contributed by atoms with Gasteiger partial charge in [-0.15, -0.1) is 12.4 Å². The molecule has 6 heteroatoms. The average Bonchev–Trinajstić information content (AvgIpc) is 2.49. The first kappa shape index (κ1) is 19.0. The maximum Gasteiger partial charge on any atom is 0.221 e. The van der Waals surface area contributed by atoms with Crippen molar-refractivity contribution >= 4 is 24.0 Å². The number of piperidine rings is 1. The number of hydrogen-bond acceptors (Lipinski definition) is 4. The molecule has 2 aliphatic rings. The average molecular weight is 355 g/mol. The second-order valence-electron chi connectivity index (χ2n) is 7.13. The fourth-order valence-corrected chi connectivity index (χ4v) is 3.64. The molecule has 1 unspecified atom stereocenters. The number of benzene rings is 1. The number of carbonyl (C=O) groups is 1. The van der Waals surface area contributed by atoms with Gasteiger partial charge in [0.25, 0.3) is 0 Å². The number of nitrogens with one attached hydrogen (secondary N) is 1. The Labute approximate surface area is 149 Å². The number of aliphatic hydroxyl groups excluding tert-OH is 1. The number of ether oxygens (including phenoxy) is 1. The summed E-state index contributed by atoms with van der Waals surface area (Å²) in [5.41, 5.74) is 1.07. The van der Waals surface area contributed by atoms with Gasteiger partial charge in [0.05, 0.1) is 6.04 Å². The van der Waals surface area contributed by atoms with E-state index >= 15 is 0 Å². The maximum absolute atomic E-state index is 11.3. The van der Waals surface area contributed by atoms with Crippen LogP contribution in [0.2, 0.25) is 0 Å². The molecule has 2 heterocycles. The highest BCUT2D eigenvalue weighted by Crippen LogP contribution is 2.44. The lowest BCUT2D eigenvalue weighted by atomic mass is 9.84. The van der Waals surface area contributed by atoms with E-state index in [0.717, 1.165) is 42.9 Å². The molecule has 1 saturated heterocycles. The summed E-state index contributed by atoms with van der Waals surface area (Å²) in [7, 11) is 0. The third kappa shape index (κ3) is 3.68. The lowest BCUT2D eigenvalue weighted by Crippen LogP contribution is -2.54. The number of rotatable bonds is 2. The van der Waals surface area contributed by atoms with Gasteiger partial charge in [0.1, 0.15) is 17.5 Å². The van der Waals surface area contributed by atoms with Crippen LogP contribution in [0.1, 0.15) is 51.6 Å². The Morgan fingerprint density at radius 2 is 1.96 bits per heavy atom. The Balaban J connectivity index is 0.00000208. The SMILES string of the molecule is CC(=O)Nc1ccc2c(c1)C(N1CCCCC1)[C@H](O)C(C)(C)O2.Cl. The molecule has 1 aromatic carbocycles. The van der Waals surface area contributed by atoms with Crippen molar-refractivity contribution in [3.63, 3.8) is 0 Å². The first-order valence-corrected chi connectivity index (χ1v) is 8.41. The fourth-order valence-electron chi connectivity index (χ4n) is 3.64. The van der Waals surface area contributed by atoms with E-state index in [4.69, 9.17) is 4.74 Å². The van der Waals surface area contributed by atoms with Crippen LogP contribution in [-0.2, 0) is 4.79 Å². The molecule has 24 heavy (non-hydrogen) atoms. The normalized spacial score (nSPS) is 25.8. The van der Waals surface area contributed by atoms with Crippen LogP contribution in [0, 0.1) is 0 Å². The Morgan fingerprint density at radius 1 is 1.29 bits per heavy atom. The largest absolute Gasteiger partial charge is 0.485 e. The molecule has 1 aromatic rings. The van der Waals surface area contributed by atoms with Gasteiger partial charge in [-0.2, -0.15) is 0 Å². The number of amides is 1. The molecule has 2 aliphatic heterocycles. The second-order valence-corrected chi connectivity index (χ2v) is 7.13. The van der Waals surface area contributed by atoms with Gasteiger partial charge in [0.15, 0.2) is 0 Å². The van der Waals surface area contributed by atoms with E-state index in [9.17, 15) is 9.90 Å². The molecule has 1 fully saturated rings. The molecule has 0 radical (unpaired) electrons. The van der Waals surface area contributed by atoms with Crippen LogP contribution in [-0.4, -0.2) is 40.7 Å². The van der Waals surface area contributed by atoms with Crippen molar-refractivity contribution < 1.29 is 14.6 Å². The molecule has 5 nitrogen and oxygen atoms in total. The molecule has 0 saturated carbocycles. The molecule has 0 spiro atoms. The summed E-state index contributed by atoms with van der Waals surface area (Å²) in [5.74, 6) is 0.696. The van der Waals surface area contributed by atoms with Gasteiger partial charge < -0.3 is 15.2 Å². The Kier molecular flexibility index (Phi) is 5.78. The second kappa shape index (κ2) is 7.30.